The fraction of sp³-hybridized carbons (Fsp3) is 0.417. The molecule has 0 aliphatic heterocycles. The molecule has 0 heterocycles. The first-order valence-electron chi connectivity index (χ1n) is 5.86. The zero-order valence-electron chi connectivity index (χ0n) is 10.9. The van der Waals surface area contributed by atoms with E-state index in [0.717, 1.165) is 10.4 Å². The molecule has 0 saturated heterocycles. The van der Waals surface area contributed by atoms with Gasteiger partial charge in [0.05, 0.1) is 11.5 Å². The molecule has 6 nitrogen and oxygen atoms in total. The van der Waals surface area contributed by atoms with Gasteiger partial charge >= 0.3 is 5.97 Å². The smallest absolute Gasteiger partial charge is 0.321 e. The molecule has 0 aromatic heterocycles. The van der Waals surface area contributed by atoms with Crippen molar-refractivity contribution in [2.75, 3.05) is 19.7 Å². The van der Waals surface area contributed by atoms with E-state index in [-0.39, 0.29) is 30.3 Å². The van der Waals surface area contributed by atoms with Crippen LogP contribution in [0.15, 0.2) is 29.2 Å². The number of likely N-dealkylation sites (N-methyl/N-ethyl adjacent to an activating group) is 1. The lowest BCUT2D eigenvalue weighted by Crippen LogP contribution is -2.36. The Bertz CT molecular complexity index is 541. The molecule has 0 aliphatic rings. The third kappa shape index (κ3) is 3.93. The van der Waals surface area contributed by atoms with E-state index >= 15 is 0 Å². The topological polar surface area (TPSA) is 83.9 Å². The second-order valence-electron chi connectivity index (χ2n) is 3.73. The first-order chi connectivity index (χ1) is 8.91. The Morgan fingerprint density at radius 3 is 2.58 bits per heavy atom. The van der Waals surface area contributed by atoms with Crippen LogP contribution in [0.4, 0.5) is 0 Å². The number of rotatable bonds is 6. The lowest BCUT2D eigenvalue weighted by molar-refractivity contribution is -0.143. The molecule has 0 unspecified atom stereocenters. The summed E-state index contributed by atoms with van der Waals surface area (Å²) in [4.78, 5) is 11.3. The summed E-state index contributed by atoms with van der Waals surface area (Å²) in [5.74, 6) is -0.749. The molecule has 0 radical (unpaired) electrons. The molecule has 0 bridgehead atoms. The second kappa shape index (κ2) is 6.53. The summed E-state index contributed by atoms with van der Waals surface area (Å²) < 4.78 is 30.3. The highest BCUT2D eigenvalue weighted by atomic mass is 32.2. The number of benzene rings is 1. The van der Waals surface area contributed by atoms with Gasteiger partial charge in [0, 0.05) is 6.54 Å². The molecule has 0 aliphatic carbocycles. The van der Waals surface area contributed by atoms with Crippen molar-refractivity contribution in [3.05, 3.63) is 24.3 Å². The monoisotopic (exact) mass is 287 g/mol. The number of esters is 1. The predicted molar refractivity (Wildman–Crippen MR) is 69.2 cm³/mol. The zero-order valence-corrected chi connectivity index (χ0v) is 11.7. The van der Waals surface area contributed by atoms with Crippen molar-refractivity contribution < 1.29 is 23.1 Å². The first kappa shape index (κ1) is 15.5. The quantitative estimate of drug-likeness (QED) is 0.788. The van der Waals surface area contributed by atoms with Gasteiger partial charge in [-0.3, -0.25) is 4.79 Å². The Morgan fingerprint density at radius 1 is 1.37 bits per heavy atom. The van der Waals surface area contributed by atoms with Crippen molar-refractivity contribution in [3.63, 3.8) is 0 Å². The standard InChI is InChI=1S/C12H17NO5S/c1-3-13(9-12(15)18-4-2)19(16,17)11-7-5-6-10(14)8-11/h5-8,14H,3-4,9H2,1-2H3. The number of phenols is 1. The normalized spacial score (nSPS) is 11.5. The van der Waals surface area contributed by atoms with E-state index in [9.17, 15) is 18.3 Å². The SMILES string of the molecule is CCOC(=O)CN(CC)S(=O)(=O)c1cccc(O)c1. The average Bonchev–Trinajstić information content (AvgIpc) is 2.36. The van der Waals surface area contributed by atoms with Crippen molar-refractivity contribution in [2.45, 2.75) is 18.7 Å². The number of nitrogens with zero attached hydrogens (tertiary/aromatic N) is 1. The van der Waals surface area contributed by atoms with Gasteiger partial charge in [0.15, 0.2) is 0 Å². The molecular formula is C12H17NO5S. The summed E-state index contributed by atoms with van der Waals surface area (Å²) in [5, 5.41) is 9.32. The minimum Gasteiger partial charge on any atom is -0.508 e. The van der Waals surface area contributed by atoms with Crippen LogP contribution in [0.1, 0.15) is 13.8 Å². The largest absolute Gasteiger partial charge is 0.508 e. The van der Waals surface area contributed by atoms with E-state index in [1.54, 1.807) is 13.8 Å². The van der Waals surface area contributed by atoms with Gasteiger partial charge in [-0.15, -0.1) is 0 Å². The summed E-state index contributed by atoms with van der Waals surface area (Å²) in [6.07, 6.45) is 0. The van der Waals surface area contributed by atoms with Crippen LogP contribution in [-0.2, 0) is 19.6 Å². The highest BCUT2D eigenvalue weighted by molar-refractivity contribution is 7.89. The maximum atomic E-state index is 12.3. The summed E-state index contributed by atoms with van der Waals surface area (Å²) in [6.45, 7) is 3.26. The van der Waals surface area contributed by atoms with Crippen LogP contribution >= 0.6 is 0 Å². The predicted octanol–water partition coefficient (Wildman–Crippen LogP) is 0.966. The number of carbonyl (C=O) groups excluding carboxylic acids is 1. The van der Waals surface area contributed by atoms with E-state index < -0.39 is 16.0 Å². The summed E-state index contributed by atoms with van der Waals surface area (Å²) >= 11 is 0. The lowest BCUT2D eigenvalue weighted by Gasteiger charge is -2.19. The van der Waals surface area contributed by atoms with Crippen LogP contribution in [0.2, 0.25) is 0 Å². The third-order valence-corrected chi connectivity index (χ3v) is 4.34. The number of hydrogen-bond acceptors (Lipinski definition) is 5. The van der Waals surface area contributed by atoms with Crippen molar-refractivity contribution in [3.8, 4) is 5.75 Å². The zero-order chi connectivity index (χ0) is 14.5. The molecule has 0 fully saturated rings. The number of phenolic OH excluding ortho intramolecular Hbond substituents is 1. The Morgan fingerprint density at radius 2 is 2.05 bits per heavy atom. The fourth-order valence-corrected chi connectivity index (χ4v) is 2.94. The van der Waals surface area contributed by atoms with E-state index in [4.69, 9.17) is 4.74 Å². The van der Waals surface area contributed by atoms with Gasteiger partial charge in [-0.25, -0.2) is 8.42 Å². The maximum absolute atomic E-state index is 12.3. The van der Waals surface area contributed by atoms with E-state index in [0.29, 0.717) is 0 Å². The molecule has 0 atom stereocenters. The molecule has 19 heavy (non-hydrogen) atoms. The summed E-state index contributed by atoms with van der Waals surface area (Å²) in [7, 11) is -3.81. The van der Waals surface area contributed by atoms with Gasteiger partial charge in [0.25, 0.3) is 0 Å². The first-order valence-corrected chi connectivity index (χ1v) is 7.30. The van der Waals surface area contributed by atoms with Crippen molar-refractivity contribution >= 4 is 16.0 Å². The van der Waals surface area contributed by atoms with Gasteiger partial charge in [-0.05, 0) is 25.1 Å². The van der Waals surface area contributed by atoms with Crippen molar-refractivity contribution in [2.24, 2.45) is 0 Å². The fourth-order valence-electron chi connectivity index (χ4n) is 1.51. The molecule has 1 N–H and O–H groups in total. The Labute approximate surface area is 112 Å². The molecule has 1 aromatic carbocycles. The second-order valence-corrected chi connectivity index (χ2v) is 5.67. The molecule has 7 heteroatoms. The van der Waals surface area contributed by atoms with Crippen LogP contribution in [0.5, 0.6) is 5.75 Å². The summed E-state index contributed by atoms with van der Waals surface area (Å²) in [6, 6.07) is 5.31. The molecule has 1 aromatic rings. The van der Waals surface area contributed by atoms with Crippen LogP contribution < -0.4 is 0 Å². The molecule has 0 saturated carbocycles. The number of hydrogen-bond donors (Lipinski definition) is 1. The van der Waals surface area contributed by atoms with Gasteiger partial charge in [0.2, 0.25) is 10.0 Å². The Balaban J connectivity index is 2.99. The Hall–Kier alpha value is -1.60. The highest BCUT2D eigenvalue weighted by Crippen LogP contribution is 2.19. The minimum atomic E-state index is -3.81. The number of ether oxygens (including phenoxy) is 1. The van der Waals surface area contributed by atoms with Crippen LogP contribution in [0.3, 0.4) is 0 Å². The van der Waals surface area contributed by atoms with Gasteiger partial charge in [0.1, 0.15) is 12.3 Å². The van der Waals surface area contributed by atoms with Gasteiger partial charge in [-0.1, -0.05) is 13.0 Å². The van der Waals surface area contributed by atoms with Crippen LogP contribution in [0.25, 0.3) is 0 Å². The molecule has 0 amide bonds. The maximum Gasteiger partial charge on any atom is 0.321 e. The Kier molecular flexibility index (Phi) is 5.31. The molecule has 106 valence electrons. The van der Waals surface area contributed by atoms with E-state index in [2.05, 4.69) is 0 Å². The van der Waals surface area contributed by atoms with Crippen molar-refractivity contribution in [1.29, 1.82) is 0 Å². The average molecular weight is 287 g/mol. The van der Waals surface area contributed by atoms with Gasteiger partial charge in [-0.2, -0.15) is 4.31 Å². The number of carbonyl (C=O) groups is 1. The van der Waals surface area contributed by atoms with Gasteiger partial charge < -0.3 is 9.84 Å². The number of sulfonamides is 1. The summed E-state index contributed by atoms with van der Waals surface area (Å²) in [5.41, 5.74) is 0. The minimum absolute atomic E-state index is 0.0568. The van der Waals surface area contributed by atoms with Crippen molar-refractivity contribution in [1.82, 2.24) is 4.31 Å². The molecule has 1 rings (SSSR count). The highest BCUT2D eigenvalue weighted by Gasteiger charge is 2.25. The van der Waals surface area contributed by atoms with E-state index in [1.165, 1.54) is 18.2 Å². The molecule has 0 spiro atoms. The lowest BCUT2D eigenvalue weighted by atomic mass is 10.3. The molecular weight excluding hydrogens is 270 g/mol. The van der Waals surface area contributed by atoms with Crippen LogP contribution in [0, 0.1) is 0 Å². The number of aromatic hydroxyl groups is 1. The van der Waals surface area contributed by atoms with E-state index in [1.807, 2.05) is 0 Å². The van der Waals surface area contributed by atoms with Crippen LogP contribution in [-0.4, -0.2) is 43.5 Å². The third-order valence-electron chi connectivity index (χ3n) is 2.42.